The van der Waals surface area contributed by atoms with Crippen LogP contribution in [0.3, 0.4) is 0 Å². The summed E-state index contributed by atoms with van der Waals surface area (Å²) < 4.78 is 5.20. The monoisotopic (exact) mass is 330 g/mol. The maximum atomic E-state index is 12.6. The van der Waals surface area contributed by atoms with Crippen molar-refractivity contribution < 1.29 is 14.3 Å². The first-order chi connectivity index (χ1) is 11.2. The molecule has 24 heavy (non-hydrogen) atoms. The smallest absolute Gasteiger partial charge is 0.338 e. The van der Waals surface area contributed by atoms with Crippen LogP contribution in [0.5, 0.6) is 0 Å². The number of fused-ring (bicyclic) bond motifs is 2. The number of carbonyl (C=O) groups excluding carboxylic acids is 2. The fourth-order valence-electron chi connectivity index (χ4n) is 4.66. The van der Waals surface area contributed by atoms with Crippen molar-refractivity contribution in [3.63, 3.8) is 0 Å². The molecule has 0 aromatic heterocycles. The molecule has 1 saturated carbocycles. The van der Waals surface area contributed by atoms with E-state index < -0.39 is 5.97 Å². The number of esters is 1. The fourth-order valence-corrected chi connectivity index (χ4v) is 4.66. The number of hydrogen-bond acceptors (Lipinski definition) is 4. The molecule has 1 amide bonds. The zero-order chi connectivity index (χ0) is 17.5. The predicted molar refractivity (Wildman–Crippen MR) is 92.4 cm³/mol. The van der Waals surface area contributed by atoms with Gasteiger partial charge in [-0.15, -0.1) is 0 Å². The van der Waals surface area contributed by atoms with Crippen molar-refractivity contribution in [3.05, 3.63) is 29.8 Å². The number of anilines is 1. The molecule has 3 rings (SSSR count). The molecular formula is C19H26N2O3. The Morgan fingerprint density at radius 2 is 1.88 bits per heavy atom. The highest BCUT2D eigenvalue weighted by molar-refractivity contribution is 5.91. The summed E-state index contributed by atoms with van der Waals surface area (Å²) in [5.41, 5.74) is 7.04. The summed E-state index contributed by atoms with van der Waals surface area (Å²) in [5, 5.41) is 0. The summed E-state index contributed by atoms with van der Waals surface area (Å²) in [7, 11) is 0. The van der Waals surface area contributed by atoms with Gasteiger partial charge >= 0.3 is 5.97 Å². The lowest BCUT2D eigenvalue weighted by Gasteiger charge is -2.39. The average molecular weight is 330 g/mol. The second-order valence-electron chi connectivity index (χ2n) is 8.43. The molecule has 2 atom stereocenters. The minimum Gasteiger partial charge on any atom is -0.452 e. The molecule has 130 valence electrons. The Labute approximate surface area is 143 Å². The van der Waals surface area contributed by atoms with Crippen LogP contribution in [-0.4, -0.2) is 36.0 Å². The predicted octanol–water partition coefficient (Wildman–Crippen LogP) is 2.85. The fraction of sp³-hybridized carbons (Fsp3) is 0.579. The van der Waals surface area contributed by atoms with E-state index in [4.69, 9.17) is 10.5 Å². The van der Waals surface area contributed by atoms with Crippen molar-refractivity contribution >= 4 is 17.6 Å². The maximum Gasteiger partial charge on any atom is 0.338 e. The topological polar surface area (TPSA) is 72.6 Å². The van der Waals surface area contributed by atoms with Crippen LogP contribution in [-0.2, 0) is 9.53 Å². The van der Waals surface area contributed by atoms with Gasteiger partial charge in [0, 0.05) is 18.3 Å². The van der Waals surface area contributed by atoms with Gasteiger partial charge in [0.2, 0.25) is 0 Å². The van der Waals surface area contributed by atoms with Gasteiger partial charge in [-0.2, -0.15) is 0 Å². The Bertz CT molecular complexity index is 653. The van der Waals surface area contributed by atoms with Crippen LogP contribution in [0.2, 0.25) is 0 Å². The van der Waals surface area contributed by atoms with Crippen molar-refractivity contribution in [1.82, 2.24) is 4.90 Å². The van der Waals surface area contributed by atoms with E-state index in [1.807, 2.05) is 4.90 Å². The first kappa shape index (κ1) is 16.8. The summed E-state index contributed by atoms with van der Waals surface area (Å²) in [4.78, 5) is 26.5. The molecule has 0 spiro atoms. The quantitative estimate of drug-likeness (QED) is 0.683. The molecule has 1 aromatic carbocycles. The normalized spacial score (nSPS) is 27.8. The van der Waals surface area contributed by atoms with E-state index in [9.17, 15) is 9.59 Å². The molecule has 1 aliphatic heterocycles. The molecule has 2 bridgehead atoms. The van der Waals surface area contributed by atoms with Crippen molar-refractivity contribution in [3.8, 4) is 0 Å². The number of nitrogen functional groups attached to an aromatic ring is 1. The summed E-state index contributed by atoms with van der Waals surface area (Å²) in [5.74, 6) is -0.581. The third kappa shape index (κ3) is 3.40. The van der Waals surface area contributed by atoms with Gasteiger partial charge < -0.3 is 15.4 Å². The van der Waals surface area contributed by atoms with Gasteiger partial charge in [-0.3, -0.25) is 4.79 Å². The Hall–Kier alpha value is -2.04. The Morgan fingerprint density at radius 3 is 2.54 bits per heavy atom. The lowest BCUT2D eigenvalue weighted by atomic mass is 9.65. The molecule has 0 radical (unpaired) electrons. The molecule has 2 fully saturated rings. The van der Waals surface area contributed by atoms with Crippen LogP contribution in [0.1, 0.15) is 50.4 Å². The number of benzene rings is 1. The zero-order valence-corrected chi connectivity index (χ0v) is 14.7. The van der Waals surface area contributed by atoms with E-state index in [0.29, 0.717) is 11.3 Å². The molecule has 2 N–H and O–H groups in total. The number of ether oxygens (including phenoxy) is 1. The van der Waals surface area contributed by atoms with Crippen molar-refractivity contribution in [2.75, 3.05) is 18.9 Å². The zero-order valence-electron chi connectivity index (χ0n) is 14.7. The van der Waals surface area contributed by atoms with Gasteiger partial charge in [0.1, 0.15) is 0 Å². The van der Waals surface area contributed by atoms with E-state index in [1.165, 1.54) is 0 Å². The standard InChI is InChI=1S/C19H26N2O3/c1-18(2)8-15-9-19(3,11-18)12-21(15)16(22)10-24-17(23)13-4-6-14(20)7-5-13/h4-7,15H,8-12,20H2,1-3H3/t15-,19-/m1/s1. The van der Waals surface area contributed by atoms with Crippen LogP contribution in [0.4, 0.5) is 5.69 Å². The van der Waals surface area contributed by atoms with Crippen molar-refractivity contribution in [2.24, 2.45) is 10.8 Å². The molecule has 5 heteroatoms. The lowest BCUT2D eigenvalue weighted by Crippen LogP contribution is -2.39. The number of hydrogen-bond donors (Lipinski definition) is 1. The van der Waals surface area contributed by atoms with E-state index >= 15 is 0 Å². The molecule has 2 aliphatic rings. The van der Waals surface area contributed by atoms with Gasteiger partial charge in [0.25, 0.3) is 5.91 Å². The highest BCUT2D eigenvalue weighted by atomic mass is 16.5. The van der Waals surface area contributed by atoms with Gasteiger partial charge in [-0.05, 0) is 54.4 Å². The molecular weight excluding hydrogens is 304 g/mol. The van der Waals surface area contributed by atoms with Crippen LogP contribution in [0, 0.1) is 10.8 Å². The minimum absolute atomic E-state index is 0.0924. The molecule has 1 heterocycles. The van der Waals surface area contributed by atoms with E-state index in [1.54, 1.807) is 24.3 Å². The highest BCUT2D eigenvalue weighted by Gasteiger charge is 2.50. The first-order valence-corrected chi connectivity index (χ1v) is 8.50. The number of nitrogens with two attached hydrogens (primary N) is 1. The summed E-state index contributed by atoms with van der Waals surface area (Å²) >= 11 is 0. The molecule has 0 unspecified atom stereocenters. The number of rotatable bonds is 3. The van der Waals surface area contributed by atoms with Crippen LogP contribution in [0.15, 0.2) is 24.3 Å². The SMILES string of the molecule is CC1(C)C[C@@H]2C[C@@](C)(CN2C(=O)COC(=O)c2ccc(N)cc2)C1. The van der Waals surface area contributed by atoms with Gasteiger partial charge in [-0.25, -0.2) is 4.79 Å². The largest absolute Gasteiger partial charge is 0.452 e. The Kier molecular flexibility index (Phi) is 4.06. The van der Waals surface area contributed by atoms with Crippen molar-refractivity contribution in [2.45, 2.75) is 46.1 Å². The van der Waals surface area contributed by atoms with Gasteiger partial charge in [0.05, 0.1) is 5.56 Å². The molecule has 1 aliphatic carbocycles. The highest BCUT2D eigenvalue weighted by Crippen LogP contribution is 2.52. The minimum atomic E-state index is -0.489. The summed E-state index contributed by atoms with van der Waals surface area (Å²) in [6, 6.07) is 6.76. The van der Waals surface area contributed by atoms with Gasteiger partial charge in [0.15, 0.2) is 6.61 Å². The molecule has 5 nitrogen and oxygen atoms in total. The Morgan fingerprint density at radius 1 is 1.21 bits per heavy atom. The summed E-state index contributed by atoms with van der Waals surface area (Å²) in [6.45, 7) is 7.36. The third-order valence-corrected chi connectivity index (χ3v) is 5.21. The van der Waals surface area contributed by atoms with Crippen LogP contribution < -0.4 is 5.73 Å². The molecule has 1 saturated heterocycles. The first-order valence-electron chi connectivity index (χ1n) is 8.50. The third-order valence-electron chi connectivity index (χ3n) is 5.21. The number of amides is 1. The van der Waals surface area contributed by atoms with Crippen LogP contribution >= 0.6 is 0 Å². The van der Waals surface area contributed by atoms with Crippen LogP contribution in [0.25, 0.3) is 0 Å². The Balaban J connectivity index is 1.60. The van der Waals surface area contributed by atoms with E-state index in [2.05, 4.69) is 20.8 Å². The number of likely N-dealkylation sites (tertiary alicyclic amines) is 1. The second-order valence-corrected chi connectivity index (χ2v) is 8.43. The average Bonchev–Trinajstić information content (AvgIpc) is 2.74. The summed E-state index contributed by atoms with van der Waals surface area (Å²) in [6.07, 6.45) is 3.19. The molecule has 1 aromatic rings. The lowest BCUT2D eigenvalue weighted by molar-refractivity contribution is -0.135. The number of nitrogens with zero attached hydrogens (tertiary/aromatic N) is 1. The van der Waals surface area contributed by atoms with E-state index in [0.717, 1.165) is 25.8 Å². The van der Waals surface area contributed by atoms with Crippen molar-refractivity contribution in [1.29, 1.82) is 0 Å². The van der Waals surface area contributed by atoms with Gasteiger partial charge in [-0.1, -0.05) is 20.8 Å². The maximum absolute atomic E-state index is 12.6. The second kappa shape index (κ2) is 5.80. The number of carbonyl (C=O) groups is 2. The van der Waals surface area contributed by atoms with E-state index in [-0.39, 0.29) is 29.4 Å².